The Morgan fingerprint density at radius 1 is 0.927 bits per heavy atom. The minimum absolute atomic E-state index is 0.237. The number of anilines is 4. The topological polar surface area (TPSA) is 69.2 Å². The van der Waals surface area contributed by atoms with Crippen LogP contribution in [0.2, 0.25) is 0 Å². The van der Waals surface area contributed by atoms with Crippen LogP contribution in [0.15, 0.2) is 48.8 Å². The van der Waals surface area contributed by atoms with Crippen LogP contribution in [0.25, 0.3) is 0 Å². The zero-order chi connectivity index (χ0) is 28.3. The van der Waals surface area contributed by atoms with Crippen LogP contribution in [-0.2, 0) is 4.84 Å². The van der Waals surface area contributed by atoms with Crippen molar-refractivity contribution < 1.29 is 18.4 Å². The van der Waals surface area contributed by atoms with Gasteiger partial charge in [0.25, 0.3) is 0 Å². The average Bonchev–Trinajstić information content (AvgIpc) is 3.49. The molecule has 4 heterocycles. The first-order valence-corrected chi connectivity index (χ1v) is 14.3. The summed E-state index contributed by atoms with van der Waals surface area (Å²) in [5.41, 5.74) is 2.14. The van der Waals surface area contributed by atoms with Gasteiger partial charge < -0.3 is 19.9 Å². The Morgan fingerprint density at radius 3 is 2.51 bits per heavy atom. The van der Waals surface area contributed by atoms with Gasteiger partial charge in [0.2, 0.25) is 0 Å². The van der Waals surface area contributed by atoms with Crippen LogP contribution in [0.4, 0.5) is 31.8 Å². The maximum atomic E-state index is 14.5. The molecule has 2 aromatic carbocycles. The van der Waals surface area contributed by atoms with Crippen molar-refractivity contribution >= 4 is 23.0 Å². The number of methoxy groups -OCH3 is 1. The van der Waals surface area contributed by atoms with Crippen molar-refractivity contribution in [2.75, 3.05) is 75.3 Å². The van der Waals surface area contributed by atoms with E-state index in [1.165, 1.54) is 17.5 Å². The van der Waals surface area contributed by atoms with Crippen molar-refractivity contribution in [1.82, 2.24) is 19.8 Å². The van der Waals surface area contributed by atoms with E-state index in [1.807, 2.05) is 6.07 Å². The number of hydrogen-bond acceptors (Lipinski definition) is 9. The summed E-state index contributed by atoms with van der Waals surface area (Å²) < 4.78 is 34.2. The number of aromatic nitrogens is 2. The van der Waals surface area contributed by atoms with E-state index >= 15 is 0 Å². The minimum atomic E-state index is -0.498. The van der Waals surface area contributed by atoms with E-state index in [9.17, 15) is 8.78 Å². The molecule has 41 heavy (non-hydrogen) atoms. The van der Waals surface area contributed by atoms with Gasteiger partial charge in [-0.05, 0) is 50.2 Å². The number of nitrogens with zero attached hydrogens (tertiary/aromatic N) is 6. The summed E-state index contributed by atoms with van der Waals surface area (Å²) in [5.74, 6) is 0.720. The summed E-state index contributed by atoms with van der Waals surface area (Å²) in [7, 11) is 3.86. The first-order valence-electron chi connectivity index (χ1n) is 14.3. The molecule has 3 saturated heterocycles. The second-order valence-electron chi connectivity index (χ2n) is 11.0. The molecule has 9 nitrogen and oxygen atoms in total. The van der Waals surface area contributed by atoms with Gasteiger partial charge in [-0.3, -0.25) is 9.74 Å². The number of piperidine rings is 1. The third-order valence-corrected chi connectivity index (χ3v) is 8.43. The lowest BCUT2D eigenvalue weighted by atomic mass is 10.0. The molecule has 1 N–H and O–H groups in total. The van der Waals surface area contributed by atoms with Gasteiger partial charge in [-0.1, -0.05) is 0 Å². The van der Waals surface area contributed by atoms with Gasteiger partial charge in [0, 0.05) is 75.1 Å². The Kier molecular flexibility index (Phi) is 8.18. The van der Waals surface area contributed by atoms with Gasteiger partial charge in [0.15, 0.2) is 5.82 Å². The van der Waals surface area contributed by atoms with E-state index in [0.717, 1.165) is 75.6 Å². The molecule has 3 aliphatic heterocycles. The van der Waals surface area contributed by atoms with Crippen molar-refractivity contribution in [3.8, 4) is 5.75 Å². The maximum absolute atomic E-state index is 14.5. The molecule has 0 radical (unpaired) electrons. The highest BCUT2D eigenvalue weighted by Gasteiger charge is 2.32. The number of rotatable bonds is 7. The maximum Gasteiger partial charge on any atom is 0.158 e. The second kappa shape index (κ2) is 12.1. The Morgan fingerprint density at radius 2 is 1.73 bits per heavy atom. The fourth-order valence-electron chi connectivity index (χ4n) is 6.08. The van der Waals surface area contributed by atoms with E-state index < -0.39 is 17.7 Å². The molecule has 0 amide bonds. The van der Waals surface area contributed by atoms with Crippen LogP contribution >= 0.6 is 0 Å². The van der Waals surface area contributed by atoms with Gasteiger partial charge >= 0.3 is 0 Å². The van der Waals surface area contributed by atoms with Crippen molar-refractivity contribution in [1.29, 1.82) is 0 Å². The second-order valence-corrected chi connectivity index (χ2v) is 11.0. The Balaban J connectivity index is 1.13. The summed E-state index contributed by atoms with van der Waals surface area (Å²) >= 11 is 0. The normalized spacial score (nSPS) is 20.9. The monoisotopic (exact) mass is 565 g/mol. The van der Waals surface area contributed by atoms with Crippen LogP contribution in [0.5, 0.6) is 5.75 Å². The van der Waals surface area contributed by atoms with Gasteiger partial charge in [0.05, 0.1) is 25.4 Å². The molecule has 0 bridgehead atoms. The smallest absolute Gasteiger partial charge is 0.158 e. The number of hydrogen-bond donors (Lipinski definition) is 1. The Hall–Kier alpha value is -3.54. The van der Waals surface area contributed by atoms with Crippen molar-refractivity contribution in [2.24, 2.45) is 0 Å². The van der Waals surface area contributed by atoms with E-state index in [0.29, 0.717) is 36.5 Å². The molecule has 6 rings (SSSR count). The van der Waals surface area contributed by atoms with E-state index in [2.05, 4.69) is 49.2 Å². The Labute approximate surface area is 239 Å². The van der Waals surface area contributed by atoms with Crippen molar-refractivity contribution in [3.63, 3.8) is 0 Å². The lowest BCUT2D eigenvalue weighted by Crippen LogP contribution is -2.52. The van der Waals surface area contributed by atoms with Gasteiger partial charge in [-0.25, -0.2) is 23.8 Å². The van der Waals surface area contributed by atoms with Crippen LogP contribution < -0.4 is 20.0 Å². The molecule has 1 unspecified atom stereocenters. The molecule has 1 aromatic heterocycles. The quantitative estimate of drug-likeness (QED) is 0.443. The van der Waals surface area contributed by atoms with E-state index in [1.54, 1.807) is 13.2 Å². The highest BCUT2D eigenvalue weighted by molar-refractivity contribution is 5.70. The minimum Gasteiger partial charge on any atom is -0.494 e. The fourth-order valence-corrected chi connectivity index (χ4v) is 6.08. The predicted octanol–water partition coefficient (Wildman–Crippen LogP) is 4.61. The molecule has 0 aliphatic carbocycles. The number of ether oxygens (including phenoxy) is 1. The lowest BCUT2D eigenvalue weighted by molar-refractivity contribution is 0.0982. The van der Waals surface area contributed by atoms with Gasteiger partial charge in [0.1, 0.15) is 29.5 Å². The fraction of sp³-hybridized carbons (Fsp3) is 0.467. The van der Waals surface area contributed by atoms with Crippen molar-refractivity contribution in [3.05, 3.63) is 66.0 Å². The number of piperazine rings is 1. The molecular weight excluding hydrogens is 528 g/mol. The molecule has 0 saturated carbocycles. The third kappa shape index (κ3) is 6.07. The largest absolute Gasteiger partial charge is 0.494 e. The number of likely N-dealkylation sites (N-methyl/N-ethyl adjacent to an activating group) is 1. The molecule has 3 aromatic rings. The molecule has 3 aliphatic rings. The lowest BCUT2D eigenvalue weighted by Gasteiger charge is -2.42. The highest BCUT2D eigenvalue weighted by atomic mass is 19.1. The Bertz CT molecular complexity index is 1350. The van der Waals surface area contributed by atoms with Crippen LogP contribution in [-0.4, -0.2) is 85.8 Å². The van der Waals surface area contributed by atoms with E-state index in [-0.39, 0.29) is 5.56 Å². The zero-order valence-electron chi connectivity index (χ0n) is 23.6. The number of hydroxylamine groups is 1. The summed E-state index contributed by atoms with van der Waals surface area (Å²) in [6, 6.07) is 11.5. The summed E-state index contributed by atoms with van der Waals surface area (Å²) in [6.45, 7) is 7.03. The van der Waals surface area contributed by atoms with Crippen LogP contribution in [0.1, 0.15) is 30.9 Å². The van der Waals surface area contributed by atoms with Crippen LogP contribution in [0, 0.1) is 11.6 Å². The SMILES string of the molecule is COc1cc(N2CCC(N3CCN(C)CC3)CC2)ccc1Nc1cc(N2OCCC2c2cc(F)ccc2F)ncn1. The first kappa shape index (κ1) is 27.6. The zero-order valence-corrected chi connectivity index (χ0v) is 23.6. The molecule has 218 valence electrons. The highest BCUT2D eigenvalue weighted by Crippen LogP contribution is 2.37. The average molecular weight is 566 g/mol. The first-order chi connectivity index (χ1) is 20.0. The number of halogens is 2. The molecular formula is C30H37F2N7O2. The number of nitrogens with one attached hydrogen (secondary N) is 1. The predicted molar refractivity (Wildman–Crippen MR) is 155 cm³/mol. The molecule has 3 fully saturated rings. The summed E-state index contributed by atoms with van der Waals surface area (Å²) in [6.07, 6.45) is 4.25. The standard InChI is InChI=1S/C30H37F2N7O2/c1-36-12-14-38(15-13-36)22-7-10-37(11-8-22)23-4-6-26(28(18-23)40-2)35-29-19-30(34-20-33-29)39-27(9-16-41-39)24-17-21(31)3-5-25(24)32/h3-6,17-20,22,27H,7-16H2,1-2H3,(H,33,34,35). The molecule has 1 atom stereocenters. The van der Waals surface area contributed by atoms with Gasteiger partial charge in [-0.15, -0.1) is 0 Å². The number of benzene rings is 2. The van der Waals surface area contributed by atoms with Gasteiger partial charge in [-0.2, -0.15) is 0 Å². The van der Waals surface area contributed by atoms with Crippen LogP contribution in [0.3, 0.4) is 0 Å². The van der Waals surface area contributed by atoms with Crippen molar-refractivity contribution in [2.45, 2.75) is 31.3 Å². The molecule has 0 spiro atoms. The summed E-state index contributed by atoms with van der Waals surface area (Å²) in [4.78, 5) is 22.0. The molecule has 11 heteroatoms. The van der Waals surface area contributed by atoms with E-state index in [4.69, 9.17) is 9.57 Å². The third-order valence-electron chi connectivity index (χ3n) is 8.43. The summed E-state index contributed by atoms with van der Waals surface area (Å²) in [5, 5.41) is 4.85.